The minimum atomic E-state index is -0.163. The first-order valence-corrected chi connectivity index (χ1v) is 7.94. The molecule has 126 valence electrons. The number of amides is 1. The number of carbonyl (C=O) groups excluding carboxylic acids is 1. The molecule has 0 radical (unpaired) electrons. The second-order valence-electron chi connectivity index (χ2n) is 5.02. The van der Waals surface area contributed by atoms with Crippen molar-refractivity contribution >= 4 is 29.2 Å². The molecule has 0 atom stereocenters. The number of benzene rings is 1. The number of nitrogens with one attached hydrogen (secondary N) is 3. The van der Waals surface area contributed by atoms with E-state index < -0.39 is 0 Å². The predicted molar refractivity (Wildman–Crippen MR) is 97.4 cm³/mol. The van der Waals surface area contributed by atoms with Crippen molar-refractivity contribution in [3.63, 3.8) is 0 Å². The van der Waals surface area contributed by atoms with Crippen molar-refractivity contribution in [2.24, 2.45) is 4.99 Å². The topological polar surface area (TPSA) is 78.4 Å². The van der Waals surface area contributed by atoms with Crippen LogP contribution in [0.2, 0.25) is 5.02 Å². The molecule has 1 aromatic heterocycles. The van der Waals surface area contributed by atoms with E-state index >= 15 is 0 Å². The summed E-state index contributed by atoms with van der Waals surface area (Å²) in [7, 11) is 1.66. The maximum Gasteiger partial charge on any atom is 0.243 e. The van der Waals surface area contributed by atoms with Crippen LogP contribution in [0.25, 0.3) is 0 Å². The number of anilines is 1. The Kier molecular flexibility index (Phi) is 7.04. The molecule has 6 nitrogen and oxygen atoms in total. The van der Waals surface area contributed by atoms with Gasteiger partial charge in [0.15, 0.2) is 5.96 Å². The van der Waals surface area contributed by atoms with E-state index in [1.165, 1.54) is 5.56 Å². The molecule has 0 saturated carbocycles. The zero-order valence-electron chi connectivity index (χ0n) is 13.4. The molecule has 0 unspecified atom stereocenters. The number of aliphatic imine (C=N–C) groups is 1. The van der Waals surface area contributed by atoms with Crippen LogP contribution in [0.5, 0.6) is 0 Å². The maximum atomic E-state index is 11.9. The lowest BCUT2D eigenvalue weighted by Gasteiger charge is -2.12. The first-order valence-electron chi connectivity index (χ1n) is 7.56. The van der Waals surface area contributed by atoms with E-state index in [0.29, 0.717) is 18.2 Å². The van der Waals surface area contributed by atoms with Crippen molar-refractivity contribution in [2.45, 2.75) is 6.42 Å². The monoisotopic (exact) mass is 345 g/mol. The SMILES string of the molecule is CN=C(NCCc1ccc(Cl)cc1)NCC(=O)Nc1cccnc1. The second-order valence-corrected chi connectivity index (χ2v) is 5.46. The molecule has 0 aliphatic heterocycles. The quantitative estimate of drug-likeness (QED) is 0.553. The molecule has 0 spiro atoms. The van der Waals surface area contributed by atoms with Gasteiger partial charge in [-0.2, -0.15) is 0 Å². The molecule has 1 amide bonds. The van der Waals surface area contributed by atoms with E-state index in [0.717, 1.165) is 11.4 Å². The zero-order valence-corrected chi connectivity index (χ0v) is 14.2. The molecule has 0 bridgehead atoms. The van der Waals surface area contributed by atoms with Crippen LogP contribution in [0.15, 0.2) is 53.8 Å². The van der Waals surface area contributed by atoms with Crippen molar-refractivity contribution in [3.05, 3.63) is 59.4 Å². The van der Waals surface area contributed by atoms with E-state index in [1.54, 1.807) is 31.6 Å². The summed E-state index contributed by atoms with van der Waals surface area (Å²) in [4.78, 5) is 19.9. The first-order chi connectivity index (χ1) is 11.7. The van der Waals surface area contributed by atoms with E-state index in [2.05, 4.69) is 25.9 Å². The normalized spacial score (nSPS) is 11.0. The van der Waals surface area contributed by atoms with Crippen LogP contribution < -0.4 is 16.0 Å². The fourth-order valence-electron chi connectivity index (χ4n) is 2.00. The predicted octanol–water partition coefficient (Wildman–Crippen LogP) is 2.08. The number of guanidine groups is 1. The Hall–Kier alpha value is -2.60. The summed E-state index contributed by atoms with van der Waals surface area (Å²) < 4.78 is 0. The molecule has 0 saturated heterocycles. The Labute approximate surface area is 146 Å². The minimum Gasteiger partial charge on any atom is -0.356 e. The van der Waals surface area contributed by atoms with Crippen LogP contribution in [0.3, 0.4) is 0 Å². The van der Waals surface area contributed by atoms with Crippen molar-refractivity contribution in [1.82, 2.24) is 15.6 Å². The highest BCUT2D eigenvalue weighted by Crippen LogP contribution is 2.09. The summed E-state index contributed by atoms with van der Waals surface area (Å²) in [6.07, 6.45) is 4.08. The van der Waals surface area contributed by atoms with E-state index in [1.807, 2.05) is 24.3 Å². The van der Waals surface area contributed by atoms with Crippen molar-refractivity contribution < 1.29 is 4.79 Å². The van der Waals surface area contributed by atoms with Crippen LogP contribution in [0.1, 0.15) is 5.56 Å². The number of nitrogens with zero attached hydrogens (tertiary/aromatic N) is 2. The molecule has 2 aromatic rings. The third kappa shape index (κ3) is 6.26. The van der Waals surface area contributed by atoms with Crippen LogP contribution in [0, 0.1) is 0 Å². The van der Waals surface area contributed by atoms with Gasteiger partial charge in [-0.05, 0) is 36.2 Å². The van der Waals surface area contributed by atoms with Crippen LogP contribution in [-0.4, -0.2) is 37.0 Å². The lowest BCUT2D eigenvalue weighted by molar-refractivity contribution is -0.115. The fourth-order valence-corrected chi connectivity index (χ4v) is 2.13. The largest absolute Gasteiger partial charge is 0.356 e. The van der Waals surface area contributed by atoms with E-state index in [-0.39, 0.29) is 12.5 Å². The number of pyridine rings is 1. The van der Waals surface area contributed by atoms with Crippen LogP contribution in [0.4, 0.5) is 5.69 Å². The minimum absolute atomic E-state index is 0.121. The van der Waals surface area contributed by atoms with Crippen LogP contribution >= 0.6 is 11.6 Å². The van der Waals surface area contributed by atoms with Gasteiger partial charge in [0.25, 0.3) is 0 Å². The average molecular weight is 346 g/mol. The standard InChI is InChI=1S/C17H20ClN5O/c1-19-17(21-10-8-13-4-6-14(18)7-5-13)22-12-16(24)23-15-3-2-9-20-11-15/h2-7,9,11H,8,10,12H2,1H3,(H,23,24)(H2,19,21,22). The lowest BCUT2D eigenvalue weighted by Crippen LogP contribution is -2.42. The third-order valence-electron chi connectivity index (χ3n) is 3.20. The van der Waals surface area contributed by atoms with Gasteiger partial charge in [0.05, 0.1) is 18.4 Å². The Morgan fingerprint density at radius 1 is 1.21 bits per heavy atom. The molecule has 7 heteroatoms. The molecule has 3 N–H and O–H groups in total. The van der Waals surface area contributed by atoms with Gasteiger partial charge in [-0.3, -0.25) is 14.8 Å². The summed E-state index contributed by atoms with van der Waals surface area (Å²) in [6.45, 7) is 0.820. The van der Waals surface area contributed by atoms with Gasteiger partial charge < -0.3 is 16.0 Å². The van der Waals surface area contributed by atoms with E-state index in [9.17, 15) is 4.79 Å². The number of rotatable bonds is 6. The number of aromatic nitrogens is 1. The van der Waals surface area contributed by atoms with Crippen molar-refractivity contribution in [1.29, 1.82) is 0 Å². The molecular formula is C17H20ClN5O. The highest BCUT2D eigenvalue weighted by atomic mass is 35.5. The summed E-state index contributed by atoms with van der Waals surface area (Å²) >= 11 is 5.86. The summed E-state index contributed by atoms with van der Waals surface area (Å²) in [5.74, 6) is 0.411. The molecule has 0 fully saturated rings. The van der Waals surface area contributed by atoms with Crippen LogP contribution in [-0.2, 0) is 11.2 Å². The maximum absolute atomic E-state index is 11.9. The molecule has 1 heterocycles. The number of halogens is 1. The fraction of sp³-hybridized carbons (Fsp3) is 0.235. The smallest absolute Gasteiger partial charge is 0.243 e. The van der Waals surface area contributed by atoms with Crippen molar-refractivity contribution in [2.75, 3.05) is 25.5 Å². The van der Waals surface area contributed by atoms with Crippen molar-refractivity contribution in [3.8, 4) is 0 Å². The summed E-state index contributed by atoms with van der Waals surface area (Å²) in [6, 6.07) is 11.3. The average Bonchev–Trinajstić information content (AvgIpc) is 2.60. The highest BCUT2D eigenvalue weighted by molar-refractivity contribution is 6.30. The molecule has 2 rings (SSSR count). The molecule has 0 aliphatic rings. The zero-order chi connectivity index (χ0) is 17.2. The van der Waals surface area contributed by atoms with E-state index in [4.69, 9.17) is 11.6 Å². The Morgan fingerprint density at radius 2 is 2.00 bits per heavy atom. The van der Waals surface area contributed by atoms with Gasteiger partial charge >= 0.3 is 0 Å². The number of hydrogen-bond donors (Lipinski definition) is 3. The van der Waals surface area contributed by atoms with Gasteiger partial charge in [0, 0.05) is 24.8 Å². The van der Waals surface area contributed by atoms with Gasteiger partial charge in [-0.15, -0.1) is 0 Å². The van der Waals surface area contributed by atoms with Gasteiger partial charge in [0.2, 0.25) is 5.91 Å². The Balaban J connectivity index is 1.70. The summed E-state index contributed by atoms with van der Waals surface area (Å²) in [5, 5.41) is 9.61. The Bertz CT molecular complexity index is 673. The Morgan fingerprint density at radius 3 is 2.67 bits per heavy atom. The second kappa shape index (κ2) is 9.52. The van der Waals surface area contributed by atoms with Gasteiger partial charge in [-0.1, -0.05) is 23.7 Å². The van der Waals surface area contributed by atoms with Gasteiger partial charge in [0.1, 0.15) is 0 Å². The molecule has 0 aliphatic carbocycles. The first kappa shape index (κ1) is 17.7. The van der Waals surface area contributed by atoms with Gasteiger partial charge in [-0.25, -0.2) is 0 Å². The number of hydrogen-bond acceptors (Lipinski definition) is 3. The lowest BCUT2D eigenvalue weighted by atomic mass is 10.1. The highest BCUT2D eigenvalue weighted by Gasteiger charge is 2.04. The molecule has 24 heavy (non-hydrogen) atoms. The third-order valence-corrected chi connectivity index (χ3v) is 3.46. The summed E-state index contributed by atoms with van der Waals surface area (Å²) in [5.41, 5.74) is 1.84. The molecule has 1 aromatic carbocycles. The molecular weight excluding hydrogens is 326 g/mol. The number of carbonyl (C=O) groups is 1.